The first-order valence-electron chi connectivity index (χ1n) is 8.04. The van der Waals surface area contributed by atoms with Gasteiger partial charge in [-0.2, -0.15) is 0 Å². The third-order valence-corrected chi connectivity index (χ3v) is 3.34. The summed E-state index contributed by atoms with van der Waals surface area (Å²) in [5.41, 5.74) is 1.18. The van der Waals surface area contributed by atoms with E-state index in [1.807, 2.05) is 0 Å². The van der Waals surface area contributed by atoms with E-state index in [0.29, 0.717) is 34.5 Å². The molecule has 0 N–H and O–H groups in total. The molecule has 0 aliphatic carbocycles. The van der Waals surface area contributed by atoms with Gasteiger partial charge in [-0.15, -0.1) is 0 Å². The van der Waals surface area contributed by atoms with Crippen molar-refractivity contribution in [3.63, 3.8) is 0 Å². The maximum Gasteiger partial charge on any atom is 0.339 e. The van der Waals surface area contributed by atoms with Crippen LogP contribution in [0.5, 0.6) is 11.5 Å². The Balaban J connectivity index is 3.03. The van der Waals surface area contributed by atoms with Crippen molar-refractivity contribution < 1.29 is 28.6 Å². The summed E-state index contributed by atoms with van der Waals surface area (Å²) in [6.45, 7) is 3.17. The Morgan fingerprint density at radius 1 is 0.852 bits per heavy atom. The molecule has 0 saturated heterocycles. The minimum absolute atomic E-state index is 0.311. The molecule has 0 fully saturated rings. The highest BCUT2D eigenvalue weighted by Crippen LogP contribution is 2.18. The quantitative estimate of drug-likeness (QED) is 0.230. The van der Waals surface area contributed by atoms with Gasteiger partial charge in [0.25, 0.3) is 0 Å². The van der Waals surface area contributed by atoms with E-state index in [2.05, 4.69) is 4.74 Å². The van der Waals surface area contributed by atoms with Gasteiger partial charge in [0, 0.05) is 11.1 Å². The molecule has 0 aliphatic rings. The molecule has 1 aromatic carbocycles. The fraction of sp³-hybridized carbons (Fsp3) is 0.190. The van der Waals surface area contributed by atoms with Crippen LogP contribution in [0.25, 0.3) is 0 Å². The van der Waals surface area contributed by atoms with Gasteiger partial charge in [-0.05, 0) is 61.9 Å². The number of hydrogen-bond acceptors (Lipinski definition) is 6. The topological polar surface area (TPSA) is 78.9 Å². The van der Waals surface area contributed by atoms with Crippen molar-refractivity contribution in [2.24, 2.45) is 0 Å². The monoisotopic (exact) mass is 370 g/mol. The van der Waals surface area contributed by atoms with E-state index in [1.54, 1.807) is 63.5 Å². The van der Waals surface area contributed by atoms with Gasteiger partial charge in [0.15, 0.2) is 0 Å². The van der Waals surface area contributed by atoms with Crippen LogP contribution in [0.3, 0.4) is 0 Å². The lowest BCUT2D eigenvalue weighted by Gasteiger charge is -2.06. The van der Waals surface area contributed by atoms with Crippen molar-refractivity contribution in [1.29, 1.82) is 0 Å². The van der Waals surface area contributed by atoms with Gasteiger partial charge in [-0.25, -0.2) is 9.59 Å². The van der Waals surface area contributed by atoms with Crippen LogP contribution in [0, 0.1) is 0 Å². The molecular formula is C21H22O6. The molecule has 0 amide bonds. The van der Waals surface area contributed by atoms with Gasteiger partial charge in [0.1, 0.15) is 17.8 Å². The zero-order valence-corrected chi connectivity index (χ0v) is 15.7. The maximum atomic E-state index is 12.3. The third kappa shape index (κ3) is 7.56. The molecule has 0 saturated carbocycles. The lowest BCUT2D eigenvalue weighted by molar-refractivity contribution is -0.136. The summed E-state index contributed by atoms with van der Waals surface area (Å²) in [5, 5.41) is 0. The Hall–Kier alpha value is -3.41. The van der Waals surface area contributed by atoms with Crippen LogP contribution in [0.4, 0.5) is 0 Å². The van der Waals surface area contributed by atoms with Gasteiger partial charge in [0.05, 0.1) is 14.2 Å². The van der Waals surface area contributed by atoms with Gasteiger partial charge in [0.2, 0.25) is 0 Å². The van der Waals surface area contributed by atoms with Crippen LogP contribution in [-0.4, -0.2) is 32.4 Å². The smallest absolute Gasteiger partial charge is 0.339 e. The van der Waals surface area contributed by atoms with Gasteiger partial charge in [-0.1, -0.05) is 12.2 Å². The maximum absolute atomic E-state index is 12.3. The Kier molecular flexibility index (Phi) is 9.02. The third-order valence-electron chi connectivity index (χ3n) is 3.34. The van der Waals surface area contributed by atoms with Crippen molar-refractivity contribution in [3.05, 3.63) is 71.4 Å². The van der Waals surface area contributed by atoms with Crippen LogP contribution in [0.2, 0.25) is 0 Å². The molecule has 1 rings (SSSR count). The molecule has 0 aliphatic heterocycles. The highest BCUT2D eigenvalue weighted by molar-refractivity contribution is 5.91. The predicted molar refractivity (Wildman–Crippen MR) is 101 cm³/mol. The van der Waals surface area contributed by atoms with Crippen LogP contribution in [0.15, 0.2) is 71.4 Å². The summed E-state index contributed by atoms with van der Waals surface area (Å²) >= 11 is 0. The summed E-state index contributed by atoms with van der Waals surface area (Å²) in [6, 6.07) is 6.60. The van der Waals surface area contributed by atoms with E-state index in [-0.39, 0.29) is 0 Å². The summed E-state index contributed by atoms with van der Waals surface area (Å²) in [5.74, 6) is -0.0134. The number of aldehydes is 1. The number of hydrogen-bond donors (Lipinski definition) is 0. The Morgan fingerprint density at radius 2 is 1.41 bits per heavy atom. The molecule has 0 radical (unpaired) electrons. The number of methoxy groups -OCH3 is 2. The van der Waals surface area contributed by atoms with E-state index in [4.69, 9.17) is 9.47 Å². The number of carbonyl (C=O) groups is 3. The molecule has 142 valence electrons. The summed E-state index contributed by atoms with van der Waals surface area (Å²) in [4.78, 5) is 34.3. The fourth-order valence-electron chi connectivity index (χ4n) is 1.96. The zero-order valence-electron chi connectivity index (χ0n) is 15.7. The molecule has 0 spiro atoms. The molecule has 27 heavy (non-hydrogen) atoms. The number of allylic oxidation sites excluding steroid dienone is 6. The van der Waals surface area contributed by atoms with Gasteiger partial charge < -0.3 is 14.2 Å². The van der Waals surface area contributed by atoms with E-state index < -0.39 is 11.9 Å². The summed E-state index contributed by atoms with van der Waals surface area (Å²) in [6.07, 6.45) is 8.10. The fourth-order valence-corrected chi connectivity index (χ4v) is 1.96. The second-order valence-corrected chi connectivity index (χ2v) is 5.40. The molecule has 0 unspecified atom stereocenters. The zero-order chi connectivity index (χ0) is 20.2. The number of rotatable bonds is 8. The minimum atomic E-state index is -0.547. The second-order valence-electron chi connectivity index (χ2n) is 5.40. The van der Waals surface area contributed by atoms with Crippen LogP contribution < -0.4 is 9.47 Å². The van der Waals surface area contributed by atoms with E-state index in [9.17, 15) is 14.4 Å². The molecule has 0 bridgehead atoms. The summed E-state index contributed by atoms with van der Waals surface area (Å²) < 4.78 is 15.0. The average molecular weight is 370 g/mol. The minimum Gasteiger partial charge on any atom is -0.497 e. The van der Waals surface area contributed by atoms with E-state index in [0.717, 1.165) is 0 Å². The SMILES string of the molecule is COC(=O)/C(C)=C/C(=C\C=C\C=O)/C=C(\C)C(=O)Oc1ccc(OC)cc1. The van der Waals surface area contributed by atoms with Gasteiger partial charge in [-0.3, -0.25) is 4.79 Å². The Morgan fingerprint density at radius 3 is 1.93 bits per heavy atom. The van der Waals surface area contributed by atoms with E-state index >= 15 is 0 Å². The standard InChI is InChI=1S/C21H22O6/c1-15(20(23)26-4)13-17(7-5-6-12-22)14-16(2)21(24)27-19-10-8-18(25-3)9-11-19/h5-14H,1-4H3/b6-5+,15-13+,16-14+,17-7+. The highest BCUT2D eigenvalue weighted by Gasteiger charge is 2.09. The van der Waals surface area contributed by atoms with Crippen molar-refractivity contribution in [3.8, 4) is 11.5 Å². The lowest BCUT2D eigenvalue weighted by atomic mass is 10.1. The number of esters is 2. The van der Waals surface area contributed by atoms with Crippen molar-refractivity contribution in [2.75, 3.05) is 14.2 Å². The predicted octanol–water partition coefficient (Wildman–Crippen LogP) is 3.35. The Bertz CT molecular complexity index is 794. The lowest BCUT2D eigenvalue weighted by Crippen LogP contribution is -2.09. The number of carbonyl (C=O) groups excluding carboxylic acids is 3. The number of ether oxygens (including phenoxy) is 3. The molecule has 0 aromatic heterocycles. The highest BCUT2D eigenvalue weighted by atomic mass is 16.5. The molecular weight excluding hydrogens is 348 g/mol. The largest absolute Gasteiger partial charge is 0.497 e. The van der Waals surface area contributed by atoms with Crippen molar-refractivity contribution in [1.82, 2.24) is 0 Å². The summed E-state index contributed by atoms with van der Waals surface area (Å²) in [7, 11) is 2.83. The van der Waals surface area contributed by atoms with Crippen LogP contribution in [0.1, 0.15) is 13.8 Å². The first kappa shape index (κ1) is 21.6. The van der Waals surface area contributed by atoms with Crippen molar-refractivity contribution >= 4 is 18.2 Å². The average Bonchev–Trinajstić information content (AvgIpc) is 2.67. The van der Waals surface area contributed by atoms with E-state index in [1.165, 1.54) is 19.3 Å². The number of benzene rings is 1. The molecule has 0 atom stereocenters. The second kappa shape index (κ2) is 11.3. The Labute approximate surface area is 158 Å². The van der Waals surface area contributed by atoms with Gasteiger partial charge >= 0.3 is 11.9 Å². The molecule has 6 nitrogen and oxygen atoms in total. The molecule has 1 aromatic rings. The normalized spacial score (nSPS) is 12.7. The molecule has 0 heterocycles. The first-order valence-corrected chi connectivity index (χ1v) is 8.04. The van der Waals surface area contributed by atoms with Crippen molar-refractivity contribution in [2.45, 2.75) is 13.8 Å². The first-order chi connectivity index (χ1) is 12.9. The molecule has 6 heteroatoms. The van der Waals surface area contributed by atoms with Crippen LogP contribution in [-0.2, 0) is 19.1 Å². The van der Waals surface area contributed by atoms with Crippen LogP contribution >= 0.6 is 0 Å².